The third-order valence-corrected chi connectivity index (χ3v) is 2.85. The van der Waals surface area contributed by atoms with Crippen LogP contribution in [0, 0.1) is 12.8 Å². The Morgan fingerprint density at radius 2 is 2.50 bits per heavy atom. The first-order chi connectivity index (χ1) is 7.66. The van der Waals surface area contributed by atoms with Crippen LogP contribution in [0.3, 0.4) is 0 Å². The molecule has 1 aliphatic rings. The first-order valence-corrected chi connectivity index (χ1v) is 5.47. The molecule has 6 heteroatoms. The van der Waals surface area contributed by atoms with E-state index in [4.69, 9.17) is 4.52 Å². The Kier molecular flexibility index (Phi) is 3.19. The highest BCUT2D eigenvalue weighted by Gasteiger charge is 2.29. The van der Waals surface area contributed by atoms with Crippen molar-refractivity contribution in [1.29, 1.82) is 0 Å². The van der Waals surface area contributed by atoms with Gasteiger partial charge < -0.3 is 15.2 Å². The number of rotatable bonds is 3. The smallest absolute Gasteiger partial charge is 0.246 e. The van der Waals surface area contributed by atoms with Crippen LogP contribution in [0.15, 0.2) is 4.52 Å². The second-order valence-electron chi connectivity index (χ2n) is 4.09. The maximum Gasteiger partial charge on any atom is 0.246 e. The summed E-state index contributed by atoms with van der Waals surface area (Å²) >= 11 is 0. The first-order valence-electron chi connectivity index (χ1n) is 5.47. The summed E-state index contributed by atoms with van der Waals surface area (Å²) in [6, 6.07) is 0.240. The Morgan fingerprint density at radius 1 is 1.69 bits per heavy atom. The Labute approximate surface area is 93.8 Å². The maximum atomic E-state index is 11.8. The van der Waals surface area contributed by atoms with Crippen LogP contribution < -0.4 is 10.6 Å². The third-order valence-electron chi connectivity index (χ3n) is 2.85. The van der Waals surface area contributed by atoms with Crippen molar-refractivity contribution in [2.24, 2.45) is 5.92 Å². The van der Waals surface area contributed by atoms with Crippen LogP contribution in [0.25, 0.3) is 0 Å². The lowest BCUT2D eigenvalue weighted by atomic mass is 10.0. The van der Waals surface area contributed by atoms with Crippen LogP contribution in [0.5, 0.6) is 0 Å². The zero-order chi connectivity index (χ0) is 11.5. The molecule has 1 aromatic rings. The molecular weight excluding hydrogens is 208 g/mol. The number of hydrogen-bond donors (Lipinski definition) is 2. The average molecular weight is 224 g/mol. The predicted octanol–water partition coefficient (Wildman–Crippen LogP) is -0.00778. The van der Waals surface area contributed by atoms with Gasteiger partial charge in [0, 0.05) is 6.04 Å². The molecule has 0 aliphatic carbocycles. The lowest BCUT2D eigenvalue weighted by Gasteiger charge is -2.13. The molecule has 88 valence electrons. The summed E-state index contributed by atoms with van der Waals surface area (Å²) in [7, 11) is 0. The Morgan fingerprint density at radius 3 is 3.06 bits per heavy atom. The quantitative estimate of drug-likeness (QED) is 0.755. The van der Waals surface area contributed by atoms with E-state index in [1.807, 2.05) is 6.92 Å². The van der Waals surface area contributed by atoms with E-state index in [0.29, 0.717) is 18.3 Å². The molecule has 6 nitrogen and oxygen atoms in total. The van der Waals surface area contributed by atoms with Gasteiger partial charge in [-0.1, -0.05) is 5.16 Å². The van der Waals surface area contributed by atoms with E-state index in [0.717, 1.165) is 13.0 Å². The normalized spacial score (nSPS) is 24.6. The standard InChI is InChI=1S/C10H16N4O2/c1-6-8(3-4-11-6)10(15)12-5-9-13-7(2)14-16-9/h6,8,11H,3-5H2,1-2H3,(H,12,15). The Hall–Kier alpha value is -1.43. The van der Waals surface area contributed by atoms with E-state index in [2.05, 4.69) is 20.8 Å². The van der Waals surface area contributed by atoms with Gasteiger partial charge in [0.15, 0.2) is 5.82 Å². The molecule has 2 atom stereocenters. The molecule has 1 aliphatic heterocycles. The fourth-order valence-electron chi connectivity index (χ4n) is 1.92. The maximum absolute atomic E-state index is 11.8. The van der Waals surface area contributed by atoms with Crippen LogP contribution in [0.4, 0.5) is 0 Å². The number of hydrogen-bond acceptors (Lipinski definition) is 5. The lowest BCUT2D eigenvalue weighted by Crippen LogP contribution is -2.36. The third kappa shape index (κ3) is 2.38. The van der Waals surface area contributed by atoms with Crippen molar-refractivity contribution in [1.82, 2.24) is 20.8 Å². The van der Waals surface area contributed by atoms with Gasteiger partial charge in [-0.2, -0.15) is 4.98 Å². The van der Waals surface area contributed by atoms with Crippen molar-refractivity contribution in [2.75, 3.05) is 6.54 Å². The van der Waals surface area contributed by atoms with Crippen molar-refractivity contribution >= 4 is 5.91 Å². The highest BCUT2D eigenvalue weighted by atomic mass is 16.5. The fraction of sp³-hybridized carbons (Fsp3) is 0.700. The van der Waals surface area contributed by atoms with E-state index in [1.54, 1.807) is 6.92 Å². The highest BCUT2D eigenvalue weighted by Crippen LogP contribution is 2.15. The van der Waals surface area contributed by atoms with Gasteiger partial charge in [-0.3, -0.25) is 4.79 Å². The number of nitrogens with one attached hydrogen (secondary N) is 2. The molecule has 0 aromatic carbocycles. The van der Waals surface area contributed by atoms with Gasteiger partial charge in [0.25, 0.3) is 0 Å². The zero-order valence-electron chi connectivity index (χ0n) is 9.49. The molecule has 1 saturated heterocycles. The molecule has 2 rings (SSSR count). The molecule has 0 spiro atoms. The fourth-order valence-corrected chi connectivity index (χ4v) is 1.92. The summed E-state index contributed by atoms with van der Waals surface area (Å²) in [5, 5.41) is 9.71. The largest absolute Gasteiger partial charge is 0.347 e. The summed E-state index contributed by atoms with van der Waals surface area (Å²) in [4.78, 5) is 15.8. The summed E-state index contributed by atoms with van der Waals surface area (Å²) in [6.45, 7) is 4.98. The van der Waals surface area contributed by atoms with E-state index < -0.39 is 0 Å². The summed E-state index contributed by atoms with van der Waals surface area (Å²) in [5.41, 5.74) is 0. The van der Waals surface area contributed by atoms with Crippen LogP contribution in [0.1, 0.15) is 25.1 Å². The molecule has 0 bridgehead atoms. The zero-order valence-corrected chi connectivity index (χ0v) is 9.49. The molecular formula is C10H16N4O2. The lowest BCUT2D eigenvalue weighted by molar-refractivity contribution is -0.125. The Balaban J connectivity index is 1.83. The Bertz CT molecular complexity index is 377. The monoisotopic (exact) mass is 224 g/mol. The highest BCUT2D eigenvalue weighted by molar-refractivity contribution is 5.79. The second-order valence-corrected chi connectivity index (χ2v) is 4.09. The molecule has 2 heterocycles. The number of amides is 1. The van der Waals surface area contributed by atoms with Crippen LogP contribution in [-0.2, 0) is 11.3 Å². The van der Waals surface area contributed by atoms with Crippen molar-refractivity contribution in [3.63, 3.8) is 0 Å². The number of carbonyl (C=O) groups is 1. The van der Waals surface area contributed by atoms with E-state index in [-0.39, 0.29) is 17.9 Å². The average Bonchev–Trinajstić information content (AvgIpc) is 2.84. The molecule has 2 N–H and O–H groups in total. The molecule has 1 fully saturated rings. The minimum Gasteiger partial charge on any atom is -0.347 e. The van der Waals surface area contributed by atoms with Gasteiger partial charge >= 0.3 is 0 Å². The van der Waals surface area contributed by atoms with Gasteiger partial charge in [0.1, 0.15) is 0 Å². The van der Waals surface area contributed by atoms with Crippen LogP contribution >= 0.6 is 0 Å². The van der Waals surface area contributed by atoms with Gasteiger partial charge in [0.05, 0.1) is 12.5 Å². The van der Waals surface area contributed by atoms with E-state index >= 15 is 0 Å². The van der Waals surface area contributed by atoms with Crippen molar-refractivity contribution in [3.05, 3.63) is 11.7 Å². The minimum absolute atomic E-state index is 0.0454. The molecule has 1 amide bonds. The van der Waals surface area contributed by atoms with Gasteiger partial charge in [0.2, 0.25) is 11.8 Å². The van der Waals surface area contributed by atoms with Crippen LogP contribution in [-0.4, -0.2) is 28.6 Å². The molecule has 1 aromatic heterocycles. The number of nitrogens with zero attached hydrogens (tertiary/aromatic N) is 2. The summed E-state index contributed by atoms with van der Waals surface area (Å²) in [6.07, 6.45) is 0.885. The molecule has 0 radical (unpaired) electrons. The minimum atomic E-state index is 0.0454. The van der Waals surface area contributed by atoms with Crippen molar-refractivity contribution in [3.8, 4) is 0 Å². The first kappa shape index (κ1) is 11.1. The van der Waals surface area contributed by atoms with Gasteiger partial charge in [-0.15, -0.1) is 0 Å². The SMILES string of the molecule is Cc1noc(CNC(=O)C2CCNC2C)n1. The van der Waals surface area contributed by atoms with Crippen LogP contribution in [0.2, 0.25) is 0 Å². The van der Waals surface area contributed by atoms with E-state index in [1.165, 1.54) is 0 Å². The molecule has 2 unspecified atom stereocenters. The number of aromatic nitrogens is 2. The molecule has 0 saturated carbocycles. The van der Waals surface area contributed by atoms with Gasteiger partial charge in [-0.25, -0.2) is 0 Å². The van der Waals surface area contributed by atoms with Gasteiger partial charge in [-0.05, 0) is 26.8 Å². The second kappa shape index (κ2) is 4.61. The molecule has 16 heavy (non-hydrogen) atoms. The van der Waals surface area contributed by atoms with Crippen molar-refractivity contribution in [2.45, 2.75) is 32.9 Å². The summed E-state index contributed by atoms with van der Waals surface area (Å²) in [5.74, 6) is 1.13. The number of aryl methyl sites for hydroxylation is 1. The predicted molar refractivity (Wildman–Crippen MR) is 56.5 cm³/mol. The summed E-state index contributed by atoms with van der Waals surface area (Å²) < 4.78 is 4.91. The topological polar surface area (TPSA) is 80.0 Å². The van der Waals surface area contributed by atoms with E-state index in [9.17, 15) is 4.79 Å². The number of carbonyl (C=O) groups excluding carboxylic acids is 1. The van der Waals surface area contributed by atoms with Crippen molar-refractivity contribution < 1.29 is 9.32 Å².